The van der Waals surface area contributed by atoms with Crippen LogP contribution in [0.4, 0.5) is 11.4 Å². The van der Waals surface area contributed by atoms with Crippen molar-refractivity contribution in [1.29, 1.82) is 0 Å². The fraction of sp³-hybridized carbons (Fsp3) is 0.579. The van der Waals surface area contributed by atoms with Crippen LogP contribution in [0.3, 0.4) is 0 Å². The molecule has 0 saturated heterocycles. The van der Waals surface area contributed by atoms with Gasteiger partial charge in [-0.15, -0.1) is 0 Å². The molecule has 3 aliphatic rings. The SMILES string of the molecule is CC1(C)[C@@H]2CC[C@]1(CS(=O)(=O)Nc1ccc3c(c1)CCC(=O)N3)C(=O)C2. The van der Waals surface area contributed by atoms with Gasteiger partial charge in [-0.3, -0.25) is 14.3 Å². The quantitative estimate of drug-likeness (QED) is 0.845. The number of nitrogens with one attached hydrogen (secondary N) is 2. The van der Waals surface area contributed by atoms with E-state index in [1.54, 1.807) is 18.2 Å². The summed E-state index contributed by atoms with van der Waals surface area (Å²) in [5, 5.41) is 2.79. The molecule has 1 aromatic rings. The molecule has 2 fully saturated rings. The molecule has 0 radical (unpaired) electrons. The predicted octanol–water partition coefficient (Wildman–Crippen LogP) is 2.71. The molecule has 1 heterocycles. The van der Waals surface area contributed by atoms with Crippen LogP contribution in [0.5, 0.6) is 0 Å². The summed E-state index contributed by atoms with van der Waals surface area (Å²) in [6.07, 6.45) is 3.07. The van der Waals surface area contributed by atoms with Crippen molar-refractivity contribution in [2.24, 2.45) is 16.7 Å². The topological polar surface area (TPSA) is 92.3 Å². The highest BCUT2D eigenvalue weighted by Crippen LogP contribution is 2.64. The zero-order valence-corrected chi connectivity index (χ0v) is 15.9. The Hall–Kier alpha value is -1.89. The molecule has 2 bridgehead atoms. The van der Waals surface area contributed by atoms with E-state index in [2.05, 4.69) is 10.0 Å². The highest BCUT2D eigenvalue weighted by molar-refractivity contribution is 7.92. The van der Waals surface area contributed by atoms with E-state index in [-0.39, 0.29) is 28.8 Å². The number of ketones is 1. The number of rotatable bonds is 4. The van der Waals surface area contributed by atoms with Crippen LogP contribution in [0.25, 0.3) is 0 Å². The number of hydrogen-bond donors (Lipinski definition) is 2. The minimum atomic E-state index is -3.66. The fourth-order valence-electron chi connectivity index (χ4n) is 5.10. The molecular formula is C19H24N2O4S. The van der Waals surface area contributed by atoms with E-state index >= 15 is 0 Å². The van der Waals surface area contributed by atoms with Crippen LogP contribution < -0.4 is 10.0 Å². The van der Waals surface area contributed by atoms with Crippen molar-refractivity contribution >= 4 is 33.1 Å². The van der Waals surface area contributed by atoms with Crippen molar-refractivity contribution in [3.8, 4) is 0 Å². The predicted molar refractivity (Wildman–Crippen MR) is 99.4 cm³/mol. The third kappa shape index (κ3) is 2.55. The summed E-state index contributed by atoms with van der Waals surface area (Å²) in [5.74, 6) is 0.202. The lowest BCUT2D eigenvalue weighted by atomic mass is 9.70. The molecule has 26 heavy (non-hydrogen) atoms. The fourth-order valence-corrected chi connectivity index (χ4v) is 6.98. The smallest absolute Gasteiger partial charge is 0.233 e. The number of anilines is 2. The third-order valence-corrected chi connectivity index (χ3v) is 8.27. The Bertz CT molecular complexity index is 906. The van der Waals surface area contributed by atoms with Gasteiger partial charge in [-0.1, -0.05) is 13.8 Å². The average Bonchev–Trinajstić information content (AvgIpc) is 2.88. The van der Waals surface area contributed by atoms with Gasteiger partial charge in [-0.2, -0.15) is 0 Å². The zero-order chi connectivity index (χ0) is 18.7. The summed E-state index contributed by atoms with van der Waals surface area (Å²) in [6, 6.07) is 5.14. The third-order valence-electron chi connectivity index (χ3n) is 6.85. The summed E-state index contributed by atoms with van der Waals surface area (Å²) >= 11 is 0. The van der Waals surface area contributed by atoms with Gasteiger partial charge in [0.25, 0.3) is 0 Å². The van der Waals surface area contributed by atoms with Gasteiger partial charge in [0, 0.05) is 24.2 Å². The number of benzene rings is 1. The van der Waals surface area contributed by atoms with Crippen LogP contribution in [0, 0.1) is 16.7 Å². The highest BCUT2D eigenvalue weighted by atomic mass is 32.2. The van der Waals surface area contributed by atoms with E-state index < -0.39 is 15.4 Å². The molecule has 4 rings (SSSR count). The first-order chi connectivity index (χ1) is 12.1. The van der Waals surface area contributed by atoms with Crippen LogP contribution in [0.1, 0.15) is 45.1 Å². The molecule has 0 unspecified atom stereocenters. The average molecular weight is 376 g/mol. The Kier molecular flexibility index (Phi) is 3.74. The lowest BCUT2D eigenvalue weighted by Gasteiger charge is -2.36. The first kappa shape index (κ1) is 17.5. The van der Waals surface area contributed by atoms with Gasteiger partial charge in [0.1, 0.15) is 5.78 Å². The van der Waals surface area contributed by atoms with Gasteiger partial charge < -0.3 is 5.32 Å². The molecule has 2 aliphatic carbocycles. The molecular weight excluding hydrogens is 352 g/mol. The second-order valence-corrected chi connectivity index (χ2v) is 10.2. The number of amides is 1. The maximum absolute atomic E-state index is 12.9. The van der Waals surface area contributed by atoms with Gasteiger partial charge in [0.2, 0.25) is 15.9 Å². The molecule has 2 N–H and O–H groups in total. The number of carbonyl (C=O) groups is 2. The van der Waals surface area contributed by atoms with Crippen LogP contribution in [0.2, 0.25) is 0 Å². The van der Waals surface area contributed by atoms with Crippen molar-refractivity contribution in [2.75, 3.05) is 15.8 Å². The normalized spacial score (nSPS) is 29.4. The van der Waals surface area contributed by atoms with E-state index in [1.807, 2.05) is 13.8 Å². The van der Waals surface area contributed by atoms with Crippen molar-refractivity contribution in [1.82, 2.24) is 0 Å². The first-order valence-corrected chi connectivity index (χ1v) is 10.7. The molecule has 2 saturated carbocycles. The molecule has 1 amide bonds. The van der Waals surface area contributed by atoms with Crippen LogP contribution >= 0.6 is 0 Å². The van der Waals surface area contributed by atoms with Crippen LogP contribution in [0.15, 0.2) is 18.2 Å². The Labute approximate surface area is 153 Å². The number of aryl methyl sites for hydroxylation is 1. The second-order valence-electron chi connectivity index (χ2n) is 8.45. The monoisotopic (exact) mass is 376 g/mol. The minimum Gasteiger partial charge on any atom is -0.326 e. The second kappa shape index (κ2) is 5.55. The van der Waals surface area contributed by atoms with E-state index in [0.717, 1.165) is 17.7 Å². The molecule has 2 atom stereocenters. The number of hydrogen-bond acceptors (Lipinski definition) is 4. The highest BCUT2D eigenvalue weighted by Gasteiger charge is 2.65. The van der Waals surface area contributed by atoms with Crippen LogP contribution in [-0.4, -0.2) is 25.9 Å². The molecule has 7 heteroatoms. The largest absolute Gasteiger partial charge is 0.326 e. The Morgan fingerprint density at radius 2 is 2.00 bits per heavy atom. The number of fused-ring (bicyclic) bond motifs is 3. The minimum absolute atomic E-state index is 0.0253. The molecule has 6 nitrogen and oxygen atoms in total. The molecule has 1 aromatic carbocycles. The first-order valence-electron chi connectivity index (χ1n) is 9.10. The Morgan fingerprint density at radius 3 is 2.65 bits per heavy atom. The van der Waals surface area contributed by atoms with Crippen molar-refractivity contribution < 1.29 is 18.0 Å². The summed E-state index contributed by atoms with van der Waals surface area (Å²) in [5.41, 5.74) is 1.08. The van der Waals surface area contributed by atoms with E-state index in [4.69, 9.17) is 0 Å². The molecule has 0 spiro atoms. The van der Waals surface area contributed by atoms with Gasteiger partial charge in [0.15, 0.2) is 0 Å². The Morgan fingerprint density at radius 1 is 1.23 bits per heavy atom. The van der Waals surface area contributed by atoms with E-state index in [1.165, 1.54) is 0 Å². The van der Waals surface area contributed by atoms with Gasteiger partial charge in [0.05, 0.1) is 11.2 Å². The van der Waals surface area contributed by atoms with Gasteiger partial charge in [-0.05, 0) is 54.4 Å². The Balaban J connectivity index is 1.57. The van der Waals surface area contributed by atoms with E-state index in [0.29, 0.717) is 31.4 Å². The number of Topliss-reactive ketones (excluding diaryl/α,β-unsaturated/α-hetero) is 1. The van der Waals surface area contributed by atoms with Gasteiger partial charge in [-0.25, -0.2) is 8.42 Å². The van der Waals surface area contributed by atoms with Crippen molar-refractivity contribution in [2.45, 2.75) is 46.0 Å². The maximum atomic E-state index is 12.9. The number of carbonyl (C=O) groups excluding carboxylic acids is 2. The number of sulfonamides is 1. The molecule has 0 aromatic heterocycles. The summed E-state index contributed by atoms with van der Waals surface area (Å²) in [4.78, 5) is 24.0. The van der Waals surface area contributed by atoms with Gasteiger partial charge >= 0.3 is 0 Å². The van der Waals surface area contributed by atoms with Crippen molar-refractivity contribution in [3.05, 3.63) is 23.8 Å². The van der Waals surface area contributed by atoms with E-state index in [9.17, 15) is 18.0 Å². The lowest BCUT2D eigenvalue weighted by Crippen LogP contribution is -2.43. The summed E-state index contributed by atoms with van der Waals surface area (Å²) in [7, 11) is -3.66. The standard InChI is InChI=1S/C19H24N2O4S/c1-18(2)13-7-8-19(18,16(22)10-13)11-26(24,25)21-14-4-5-15-12(9-14)3-6-17(23)20-15/h4-5,9,13,21H,3,6-8,10-11H2,1-2H3,(H,20,23)/t13-,19+/m1/s1. The summed E-state index contributed by atoms with van der Waals surface area (Å²) < 4.78 is 28.4. The van der Waals surface area contributed by atoms with Crippen LogP contribution in [-0.2, 0) is 26.0 Å². The summed E-state index contributed by atoms with van der Waals surface area (Å²) in [6.45, 7) is 4.07. The maximum Gasteiger partial charge on any atom is 0.233 e. The van der Waals surface area contributed by atoms with Crippen molar-refractivity contribution in [3.63, 3.8) is 0 Å². The molecule has 140 valence electrons. The molecule has 1 aliphatic heterocycles. The lowest BCUT2D eigenvalue weighted by molar-refractivity contribution is -0.128. The zero-order valence-electron chi connectivity index (χ0n) is 15.1.